The Morgan fingerprint density at radius 3 is 2.67 bits per heavy atom. The summed E-state index contributed by atoms with van der Waals surface area (Å²) in [4.78, 5) is 4.86. The molecule has 0 atom stereocenters. The maximum atomic E-state index is 4.86. The van der Waals surface area contributed by atoms with Crippen LogP contribution in [0.1, 0.15) is 6.42 Å². The van der Waals surface area contributed by atoms with Gasteiger partial charge in [-0.25, -0.2) is 5.48 Å². The van der Waals surface area contributed by atoms with Crippen LogP contribution in [0.25, 0.3) is 0 Å². The minimum Gasteiger partial charge on any atom is -0.302 e. The van der Waals surface area contributed by atoms with Gasteiger partial charge in [-0.05, 0) is 13.5 Å². The van der Waals surface area contributed by atoms with E-state index in [1.165, 1.54) is 0 Å². The predicted octanol–water partition coefficient (Wildman–Crippen LogP) is -0.749. The number of hydrogen-bond acceptors (Lipinski definition) is 4. The lowest BCUT2D eigenvalue weighted by Gasteiger charge is -2.01. The Labute approximate surface area is 55.9 Å². The summed E-state index contributed by atoms with van der Waals surface area (Å²) < 4.78 is 0. The van der Waals surface area contributed by atoms with Gasteiger partial charge in [0.15, 0.2) is 0 Å². The van der Waals surface area contributed by atoms with Gasteiger partial charge in [0.05, 0.1) is 6.61 Å². The fourth-order valence-corrected chi connectivity index (χ4v) is 0.460. The van der Waals surface area contributed by atoms with Crippen LogP contribution in [0.15, 0.2) is 0 Å². The molecule has 3 N–H and O–H groups in total. The molecule has 0 aliphatic heterocycles. The highest BCUT2D eigenvalue weighted by Crippen LogP contribution is 1.73. The average molecular weight is 133 g/mol. The van der Waals surface area contributed by atoms with Crippen molar-refractivity contribution in [1.29, 1.82) is 0 Å². The molecule has 0 spiro atoms. The number of hydrogen-bond donors (Lipinski definition) is 3. The second-order valence-electron chi connectivity index (χ2n) is 1.58. The number of hydrazine groups is 1. The fourth-order valence-electron chi connectivity index (χ4n) is 0.460. The van der Waals surface area contributed by atoms with Crippen molar-refractivity contribution >= 4 is 0 Å². The summed E-state index contributed by atoms with van der Waals surface area (Å²) in [6, 6.07) is 0. The van der Waals surface area contributed by atoms with Crippen LogP contribution < -0.4 is 16.3 Å². The van der Waals surface area contributed by atoms with Crippen molar-refractivity contribution < 1.29 is 4.84 Å². The van der Waals surface area contributed by atoms with Gasteiger partial charge in [0.25, 0.3) is 0 Å². The molecule has 0 aliphatic carbocycles. The molecule has 0 amide bonds. The highest BCUT2D eigenvalue weighted by molar-refractivity contribution is 4.36. The highest BCUT2D eigenvalue weighted by Gasteiger charge is 1.83. The smallest absolute Gasteiger partial charge is 0.0694 e. The Balaban J connectivity index is 2.60. The Morgan fingerprint density at radius 2 is 2.11 bits per heavy atom. The third kappa shape index (κ3) is 7.84. The SMILES string of the molecule is CNNCCCONC. The molecule has 0 bridgehead atoms. The largest absolute Gasteiger partial charge is 0.302 e. The second kappa shape index (κ2) is 7.84. The minimum atomic E-state index is 0.741. The molecule has 0 unspecified atom stereocenters. The molecule has 0 rings (SSSR count). The molecule has 0 radical (unpaired) electrons. The van der Waals surface area contributed by atoms with Crippen molar-refractivity contribution in [3.05, 3.63) is 0 Å². The maximum absolute atomic E-state index is 4.86. The van der Waals surface area contributed by atoms with Gasteiger partial charge in [-0.3, -0.25) is 10.9 Å². The van der Waals surface area contributed by atoms with E-state index < -0.39 is 0 Å². The van der Waals surface area contributed by atoms with Crippen LogP contribution >= 0.6 is 0 Å². The topological polar surface area (TPSA) is 45.3 Å². The van der Waals surface area contributed by atoms with Crippen LogP contribution in [0.2, 0.25) is 0 Å². The van der Waals surface area contributed by atoms with Crippen LogP contribution in [-0.2, 0) is 4.84 Å². The summed E-state index contributed by atoms with van der Waals surface area (Å²) in [6.07, 6.45) is 1.00. The zero-order chi connectivity index (χ0) is 6.95. The van der Waals surface area contributed by atoms with E-state index in [9.17, 15) is 0 Å². The molecule has 0 fully saturated rings. The summed E-state index contributed by atoms with van der Waals surface area (Å²) in [5, 5.41) is 0. The monoisotopic (exact) mass is 133 g/mol. The molecule has 0 aromatic rings. The highest BCUT2D eigenvalue weighted by atomic mass is 16.6. The second-order valence-corrected chi connectivity index (χ2v) is 1.58. The van der Waals surface area contributed by atoms with Crippen LogP contribution in [-0.4, -0.2) is 27.2 Å². The van der Waals surface area contributed by atoms with Gasteiger partial charge in [0.1, 0.15) is 0 Å². The Kier molecular flexibility index (Phi) is 7.70. The van der Waals surface area contributed by atoms with Crippen molar-refractivity contribution in [2.75, 3.05) is 27.2 Å². The first kappa shape index (κ1) is 8.84. The van der Waals surface area contributed by atoms with E-state index in [1.807, 2.05) is 7.05 Å². The number of rotatable bonds is 6. The quantitative estimate of drug-likeness (QED) is 0.329. The van der Waals surface area contributed by atoms with E-state index in [1.54, 1.807) is 7.05 Å². The number of nitrogens with one attached hydrogen (secondary N) is 3. The first-order chi connectivity index (χ1) is 4.41. The van der Waals surface area contributed by atoms with E-state index in [2.05, 4.69) is 16.3 Å². The van der Waals surface area contributed by atoms with E-state index in [0.29, 0.717) is 0 Å². The molecule has 0 aromatic heterocycles. The summed E-state index contributed by atoms with van der Waals surface area (Å²) >= 11 is 0. The predicted molar refractivity (Wildman–Crippen MR) is 36.7 cm³/mol. The summed E-state index contributed by atoms with van der Waals surface area (Å²) in [7, 11) is 3.60. The molecular formula is C5H15N3O. The van der Waals surface area contributed by atoms with Crippen LogP contribution in [0, 0.1) is 0 Å². The first-order valence-corrected chi connectivity index (χ1v) is 3.10. The van der Waals surface area contributed by atoms with Crippen LogP contribution in [0.4, 0.5) is 0 Å². The standard InChI is InChI=1S/C5H15N3O/c1-6-8-4-3-5-9-7-2/h6-8H,3-5H2,1-2H3. The zero-order valence-corrected chi connectivity index (χ0v) is 6.03. The van der Waals surface area contributed by atoms with Crippen molar-refractivity contribution in [3.8, 4) is 0 Å². The molecule has 0 aliphatic rings. The molecule has 0 saturated heterocycles. The molecule has 4 nitrogen and oxygen atoms in total. The van der Waals surface area contributed by atoms with Gasteiger partial charge in [-0.1, -0.05) is 0 Å². The summed E-state index contributed by atoms with van der Waals surface area (Å²) in [5.74, 6) is 0. The molecule has 0 aromatic carbocycles. The Bertz CT molecular complexity index is 45.5. The van der Waals surface area contributed by atoms with Crippen molar-refractivity contribution in [1.82, 2.24) is 16.3 Å². The third-order valence-electron chi connectivity index (χ3n) is 0.869. The first-order valence-electron chi connectivity index (χ1n) is 3.10. The Hall–Kier alpha value is -0.160. The molecule has 56 valence electrons. The lowest BCUT2D eigenvalue weighted by Crippen LogP contribution is -2.29. The zero-order valence-electron chi connectivity index (χ0n) is 6.03. The maximum Gasteiger partial charge on any atom is 0.0694 e. The molecule has 4 heteroatoms. The van der Waals surface area contributed by atoms with Crippen molar-refractivity contribution in [2.24, 2.45) is 0 Å². The van der Waals surface area contributed by atoms with E-state index >= 15 is 0 Å². The van der Waals surface area contributed by atoms with Crippen molar-refractivity contribution in [3.63, 3.8) is 0 Å². The van der Waals surface area contributed by atoms with E-state index in [4.69, 9.17) is 4.84 Å². The average Bonchev–Trinajstić information content (AvgIpc) is 1.89. The summed E-state index contributed by atoms with van der Waals surface area (Å²) in [6.45, 7) is 1.67. The summed E-state index contributed by atoms with van der Waals surface area (Å²) in [5.41, 5.74) is 8.36. The van der Waals surface area contributed by atoms with Gasteiger partial charge in [0, 0.05) is 13.6 Å². The van der Waals surface area contributed by atoms with Gasteiger partial charge in [-0.2, -0.15) is 0 Å². The normalized spacial score (nSPS) is 10.0. The molecule has 9 heavy (non-hydrogen) atoms. The molecule has 0 saturated carbocycles. The minimum absolute atomic E-state index is 0.741. The van der Waals surface area contributed by atoms with Gasteiger partial charge in [0.2, 0.25) is 0 Å². The van der Waals surface area contributed by atoms with Crippen LogP contribution in [0.5, 0.6) is 0 Å². The fraction of sp³-hybridized carbons (Fsp3) is 1.00. The van der Waals surface area contributed by atoms with Crippen LogP contribution in [0.3, 0.4) is 0 Å². The van der Waals surface area contributed by atoms with E-state index in [0.717, 1.165) is 19.6 Å². The van der Waals surface area contributed by atoms with Gasteiger partial charge >= 0.3 is 0 Å². The van der Waals surface area contributed by atoms with Crippen molar-refractivity contribution in [2.45, 2.75) is 6.42 Å². The molecule has 0 heterocycles. The molecular weight excluding hydrogens is 118 g/mol. The number of hydroxylamine groups is 1. The van der Waals surface area contributed by atoms with Gasteiger partial charge < -0.3 is 4.84 Å². The van der Waals surface area contributed by atoms with E-state index in [-0.39, 0.29) is 0 Å². The Morgan fingerprint density at radius 1 is 1.33 bits per heavy atom. The lowest BCUT2D eigenvalue weighted by molar-refractivity contribution is 0.0560. The van der Waals surface area contributed by atoms with Gasteiger partial charge in [-0.15, -0.1) is 0 Å². The third-order valence-corrected chi connectivity index (χ3v) is 0.869. The lowest BCUT2D eigenvalue weighted by atomic mass is 10.5.